The summed E-state index contributed by atoms with van der Waals surface area (Å²) in [5, 5.41) is 3.13. The maximum Gasteiger partial charge on any atom is 0.310 e. The van der Waals surface area contributed by atoms with Crippen molar-refractivity contribution < 1.29 is 13.9 Å². The van der Waals surface area contributed by atoms with E-state index >= 15 is 0 Å². The van der Waals surface area contributed by atoms with E-state index in [9.17, 15) is 9.18 Å². The van der Waals surface area contributed by atoms with Crippen LogP contribution >= 0.6 is 0 Å². The van der Waals surface area contributed by atoms with Crippen molar-refractivity contribution in [3.05, 3.63) is 35.6 Å². The molecule has 0 radical (unpaired) electrons. The Morgan fingerprint density at radius 1 is 1.50 bits per heavy atom. The molecule has 0 bridgehead atoms. The van der Waals surface area contributed by atoms with Crippen molar-refractivity contribution in [3.8, 4) is 0 Å². The molecule has 1 saturated heterocycles. The lowest BCUT2D eigenvalue weighted by molar-refractivity contribution is -0.145. The molecular formula is C12H14FNO2. The van der Waals surface area contributed by atoms with Crippen molar-refractivity contribution >= 4 is 5.97 Å². The summed E-state index contributed by atoms with van der Waals surface area (Å²) >= 11 is 0. The number of rotatable bonds is 2. The number of hydrogen-bond acceptors (Lipinski definition) is 3. The van der Waals surface area contributed by atoms with Crippen molar-refractivity contribution in [3.63, 3.8) is 0 Å². The molecular weight excluding hydrogens is 209 g/mol. The zero-order valence-corrected chi connectivity index (χ0v) is 9.07. The van der Waals surface area contributed by atoms with Gasteiger partial charge in [-0.1, -0.05) is 12.1 Å². The highest BCUT2D eigenvalue weighted by molar-refractivity contribution is 5.74. The number of halogens is 1. The molecule has 1 aliphatic rings. The SMILES string of the molecule is COC(=O)[C@H]1CNC[C@H]1c1cccc(F)c1. The Morgan fingerprint density at radius 3 is 3.00 bits per heavy atom. The molecule has 3 nitrogen and oxygen atoms in total. The zero-order chi connectivity index (χ0) is 11.5. The minimum absolute atomic E-state index is 0.00292. The molecule has 2 atom stereocenters. The molecule has 4 heteroatoms. The average molecular weight is 223 g/mol. The number of nitrogens with one attached hydrogen (secondary N) is 1. The van der Waals surface area contributed by atoms with E-state index in [1.165, 1.54) is 19.2 Å². The first-order chi connectivity index (χ1) is 7.72. The van der Waals surface area contributed by atoms with Crippen LogP contribution < -0.4 is 5.32 Å². The number of ether oxygens (including phenoxy) is 1. The van der Waals surface area contributed by atoms with Gasteiger partial charge in [-0.2, -0.15) is 0 Å². The second kappa shape index (κ2) is 4.61. The molecule has 1 fully saturated rings. The highest BCUT2D eigenvalue weighted by atomic mass is 19.1. The van der Waals surface area contributed by atoms with Gasteiger partial charge in [-0.25, -0.2) is 4.39 Å². The highest BCUT2D eigenvalue weighted by Gasteiger charge is 2.34. The Hall–Kier alpha value is -1.42. The Bertz CT molecular complexity index is 394. The first kappa shape index (κ1) is 11.1. The van der Waals surface area contributed by atoms with Crippen molar-refractivity contribution in [1.29, 1.82) is 0 Å². The molecule has 1 aliphatic heterocycles. The van der Waals surface area contributed by atoms with Gasteiger partial charge < -0.3 is 10.1 Å². The van der Waals surface area contributed by atoms with E-state index in [0.717, 1.165) is 5.56 Å². The second-order valence-corrected chi connectivity index (χ2v) is 3.95. The molecule has 2 rings (SSSR count). The summed E-state index contributed by atoms with van der Waals surface area (Å²) < 4.78 is 17.8. The van der Waals surface area contributed by atoms with Gasteiger partial charge in [0.05, 0.1) is 13.0 Å². The fourth-order valence-electron chi connectivity index (χ4n) is 2.17. The van der Waals surface area contributed by atoms with E-state index in [1.807, 2.05) is 6.07 Å². The van der Waals surface area contributed by atoms with Crippen LogP contribution in [0.3, 0.4) is 0 Å². The van der Waals surface area contributed by atoms with Crippen LogP contribution in [0, 0.1) is 11.7 Å². The molecule has 1 N–H and O–H groups in total. The molecule has 0 amide bonds. The number of hydrogen-bond donors (Lipinski definition) is 1. The van der Waals surface area contributed by atoms with Crippen molar-refractivity contribution in [2.24, 2.45) is 5.92 Å². The summed E-state index contributed by atoms with van der Waals surface area (Å²) in [6.45, 7) is 1.27. The Kier molecular flexibility index (Phi) is 3.19. The van der Waals surface area contributed by atoms with Crippen LogP contribution in [0.1, 0.15) is 11.5 Å². The van der Waals surface area contributed by atoms with Gasteiger partial charge in [0.1, 0.15) is 5.82 Å². The minimum Gasteiger partial charge on any atom is -0.469 e. The topological polar surface area (TPSA) is 38.3 Å². The first-order valence-corrected chi connectivity index (χ1v) is 5.26. The van der Waals surface area contributed by atoms with Gasteiger partial charge in [-0.15, -0.1) is 0 Å². The largest absolute Gasteiger partial charge is 0.469 e. The predicted octanol–water partition coefficient (Wildman–Crippen LogP) is 1.30. The van der Waals surface area contributed by atoms with E-state index in [1.54, 1.807) is 6.07 Å². The number of benzene rings is 1. The first-order valence-electron chi connectivity index (χ1n) is 5.26. The monoisotopic (exact) mass is 223 g/mol. The summed E-state index contributed by atoms with van der Waals surface area (Å²) in [7, 11) is 1.38. The fraction of sp³-hybridized carbons (Fsp3) is 0.417. The van der Waals surface area contributed by atoms with E-state index in [2.05, 4.69) is 5.32 Å². The zero-order valence-electron chi connectivity index (χ0n) is 9.07. The number of esters is 1. The summed E-state index contributed by atoms with van der Waals surface area (Å²) in [6.07, 6.45) is 0. The Labute approximate surface area is 93.6 Å². The summed E-state index contributed by atoms with van der Waals surface area (Å²) in [5.41, 5.74) is 0.848. The predicted molar refractivity (Wildman–Crippen MR) is 57.5 cm³/mol. The molecule has 16 heavy (non-hydrogen) atoms. The van der Waals surface area contributed by atoms with Crippen LogP contribution in [0.25, 0.3) is 0 Å². The van der Waals surface area contributed by atoms with Crippen LogP contribution in [0.4, 0.5) is 4.39 Å². The fourth-order valence-corrected chi connectivity index (χ4v) is 2.17. The summed E-state index contributed by atoms with van der Waals surface area (Å²) in [6, 6.07) is 6.39. The third-order valence-corrected chi connectivity index (χ3v) is 2.99. The van der Waals surface area contributed by atoms with Crippen LogP contribution in [0.2, 0.25) is 0 Å². The van der Waals surface area contributed by atoms with Gasteiger partial charge in [-0.05, 0) is 17.7 Å². The molecule has 0 unspecified atom stereocenters. The normalized spacial score (nSPS) is 24.4. The second-order valence-electron chi connectivity index (χ2n) is 3.95. The van der Waals surface area contributed by atoms with Gasteiger partial charge in [-0.3, -0.25) is 4.79 Å². The Balaban J connectivity index is 2.23. The maximum absolute atomic E-state index is 13.1. The lowest BCUT2D eigenvalue weighted by Crippen LogP contribution is -2.22. The van der Waals surface area contributed by atoms with Crippen LogP contribution in [0.15, 0.2) is 24.3 Å². The van der Waals surface area contributed by atoms with Gasteiger partial charge >= 0.3 is 5.97 Å². The van der Waals surface area contributed by atoms with Gasteiger partial charge in [0, 0.05) is 19.0 Å². The van der Waals surface area contributed by atoms with E-state index < -0.39 is 0 Å². The van der Waals surface area contributed by atoms with E-state index in [-0.39, 0.29) is 23.6 Å². The van der Waals surface area contributed by atoms with Crippen molar-refractivity contribution in [1.82, 2.24) is 5.32 Å². The molecule has 1 aromatic rings. The van der Waals surface area contributed by atoms with Gasteiger partial charge in [0.15, 0.2) is 0 Å². The number of methoxy groups -OCH3 is 1. The van der Waals surface area contributed by atoms with Crippen LogP contribution in [-0.2, 0) is 9.53 Å². The van der Waals surface area contributed by atoms with Crippen LogP contribution in [0.5, 0.6) is 0 Å². The molecule has 0 saturated carbocycles. The summed E-state index contributed by atoms with van der Waals surface area (Å²) in [4.78, 5) is 11.5. The quantitative estimate of drug-likeness (QED) is 0.768. The van der Waals surface area contributed by atoms with E-state index in [4.69, 9.17) is 4.74 Å². The highest BCUT2D eigenvalue weighted by Crippen LogP contribution is 2.29. The molecule has 1 heterocycles. The minimum atomic E-state index is -0.270. The van der Waals surface area contributed by atoms with Crippen LogP contribution in [-0.4, -0.2) is 26.2 Å². The molecule has 86 valence electrons. The Morgan fingerprint density at radius 2 is 2.31 bits per heavy atom. The smallest absolute Gasteiger partial charge is 0.310 e. The number of carbonyl (C=O) groups excluding carboxylic acids is 1. The molecule has 0 spiro atoms. The third-order valence-electron chi connectivity index (χ3n) is 2.99. The third kappa shape index (κ3) is 2.07. The van der Waals surface area contributed by atoms with Gasteiger partial charge in [0.2, 0.25) is 0 Å². The summed E-state index contributed by atoms with van der Waals surface area (Å²) in [5.74, 6) is -0.720. The standard InChI is InChI=1S/C12H14FNO2/c1-16-12(15)11-7-14-6-10(11)8-3-2-4-9(13)5-8/h2-5,10-11,14H,6-7H2,1H3/t10-,11-/m0/s1. The van der Waals surface area contributed by atoms with Crippen molar-refractivity contribution in [2.75, 3.05) is 20.2 Å². The maximum atomic E-state index is 13.1. The lowest BCUT2D eigenvalue weighted by atomic mass is 9.89. The molecule has 0 aliphatic carbocycles. The van der Waals surface area contributed by atoms with Crippen molar-refractivity contribution in [2.45, 2.75) is 5.92 Å². The average Bonchev–Trinajstić information content (AvgIpc) is 2.77. The van der Waals surface area contributed by atoms with E-state index in [0.29, 0.717) is 13.1 Å². The molecule has 1 aromatic carbocycles. The molecule has 0 aromatic heterocycles. The number of carbonyl (C=O) groups is 1. The van der Waals surface area contributed by atoms with Gasteiger partial charge in [0.25, 0.3) is 0 Å². The lowest BCUT2D eigenvalue weighted by Gasteiger charge is -2.16.